The molecule has 0 aliphatic rings. The second-order valence-electron chi connectivity index (χ2n) is 7.22. The number of rotatable bonds is 9. The molecule has 0 bridgehead atoms. The van der Waals surface area contributed by atoms with Gasteiger partial charge in [0.05, 0.1) is 13.5 Å². The molecule has 0 atom stereocenters. The normalized spacial score (nSPS) is 10.8. The molecular weight excluding hydrogens is 388 g/mol. The highest BCUT2D eigenvalue weighted by atomic mass is 16.5. The minimum Gasteiger partial charge on any atom is -0.493 e. The molecule has 3 aromatic carbocycles. The Morgan fingerprint density at radius 2 is 1.71 bits per heavy atom. The van der Waals surface area contributed by atoms with E-state index in [-0.39, 0.29) is 12.3 Å². The second-order valence-corrected chi connectivity index (χ2v) is 7.22. The van der Waals surface area contributed by atoms with Gasteiger partial charge in [-0.05, 0) is 47.9 Å². The summed E-state index contributed by atoms with van der Waals surface area (Å²) < 4.78 is 10.9. The number of anilines is 1. The fourth-order valence-corrected chi connectivity index (χ4v) is 3.19. The number of aryl methyl sites for hydroxylation is 1. The van der Waals surface area contributed by atoms with Gasteiger partial charge in [0.15, 0.2) is 11.5 Å². The maximum absolute atomic E-state index is 12.5. The molecule has 0 aromatic heterocycles. The number of carbonyl (C=O) groups excluding carboxylic acids is 1. The van der Waals surface area contributed by atoms with Gasteiger partial charge < -0.3 is 20.5 Å². The lowest BCUT2D eigenvalue weighted by Gasteiger charge is -2.12. The lowest BCUT2D eigenvalue weighted by Crippen LogP contribution is -2.14. The highest BCUT2D eigenvalue weighted by molar-refractivity contribution is 5.92. The molecule has 5 heteroatoms. The van der Waals surface area contributed by atoms with Crippen molar-refractivity contribution >= 4 is 23.7 Å². The maximum Gasteiger partial charge on any atom is 0.228 e. The van der Waals surface area contributed by atoms with Crippen molar-refractivity contribution in [3.8, 4) is 11.5 Å². The zero-order chi connectivity index (χ0) is 22.1. The van der Waals surface area contributed by atoms with Gasteiger partial charge in [0.25, 0.3) is 0 Å². The van der Waals surface area contributed by atoms with E-state index in [1.165, 1.54) is 5.56 Å². The zero-order valence-electron chi connectivity index (χ0n) is 17.9. The first-order valence-corrected chi connectivity index (χ1v) is 10.2. The van der Waals surface area contributed by atoms with Gasteiger partial charge >= 0.3 is 0 Å². The number of carbonyl (C=O) groups is 1. The van der Waals surface area contributed by atoms with Gasteiger partial charge in [-0.2, -0.15) is 0 Å². The largest absolute Gasteiger partial charge is 0.493 e. The van der Waals surface area contributed by atoms with Gasteiger partial charge in [-0.1, -0.05) is 60.2 Å². The summed E-state index contributed by atoms with van der Waals surface area (Å²) in [7, 11) is 1.57. The van der Waals surface area contributed by atoms with E-state index < -0.39 is 0 Å². The van der Waals surface area contributed by atoms with Crippen molar-refractivity contribution < 1.29 is 14.3 Å². The van der Waals surface area contributed by atoms with Crippen LogP contribution in [0, 0.1) is 6.92 Å². The molecule has 0 fully saturated rings. The third kappa shape index (κ3) is 6.73. The van der Waals surface area contributed by atoms with E-state index in [0.717, 1.165) is 22.4 Å². The Morgan fingerprint density at radius 1 is 0.968 bits per heavy atom. The van der Waals surface area contributed by atoms with Gasteiger partial charge in [0, 0.05) is 12.2 Å². The predicted octanol–water partition coefficient (Wildman–Crippen LogP) is 4.69. The molecule has 0 aliphatic carbocycles. The molecule has 0 aliphatic heterocycles. The first-order chi connectivity index (χ1) is 15.1. The Kier molecular flexibility index (Phi) is 7.85. The lowest BCUT2D eigenvalue weighted by atomic mass is 10.1. The number of methoxy groups -OCH3 is 1. The van der Waals surface area contributed by atoms with Gasteiger partial charge in [0.1, 0.15) is 6.61 Å². The van der Waals surface area contributed by atoms with Crippen LogP contribution in [0.15, 0.2) is 66.7 Å². The van der Waals surface area contributed by atoms with Gasteiger partial charge in [0.2, 0.25) is 5.91 Å². The van der Waals surface area contributed by atoms with Crippen LogP contribution in [0.3, 0.4) is 0 Å². The number of ether oxygens (including phenoxy) is 2. The van der Waals surface area contributed by atoms with Gasteiger partial charge in [-0.3, -0.25) is 4.79 Å². The van der Waals surface area contributed by atoms with E-state index in [1.54, 1.807) is 13.2 Å². The van der Waals surface area contributed by atoms with Crippen LogP contribution in [0.4, 0.5) is 5.69 Å². The summed E-state index contributed by atoms with van der Waals surface area (Å²) in [4.78, 5) is 12.5. The molecule has 160 valence electrons. The van der Waals surface area contributed by atoms with E-state index in [4.69, 9.17) is 15.2 Å². The van der Waals surface area contributed by atoms with Crippen molar-refractivity contribution in [2.75, 3.05) is 25.6 Å². The van der Waals surface area contributed by atoms with Crippen LogP contribution in [0.1, 0.15) is 22.3 Å². The molecule has 3 rings (SSSR count). The number of amides is 1. The van der Waals surface area contributed by atoms with Crippen molar-refractivity contribution in [2.24, 2.45) is 5.73 Å². The Morgan fingerprint density at radius 3 is 2.42 bits per heavy atom. The zero-order valence-corrected chi connectivity index (χ0v) is 17.9. The van der Waals surface area contributed by atoms with Crippen molar-refractivity contribution in [1.82, 2.24) is 0 Å². The molecule has 3 aromatic rings. The van der Waals surface area contributed by atoms with Crippen LogP contribution in [-0.4, -0.2) is 26.2 Å². The summed E-state index contributed by atoms with van der Waals surface area (Å²) in [6.07, 6.45) is 4.33. The summed E-state index contributed by atoms with van der Waals surface area (Å²) in [5.41, 5.74) is 10.5. The first-order valence-electron chi connectivity index (χ1n) is 10.2. The maximum atomic E-state index is 12.5. The average Bonchev–Trinajstić information content (AvgIpc) is 2.77. The third-order valence-corrected chi connectivity index (χ3v) is 4.65. The van der Waals surface area contributed by atoms with Crippen LogP contribution in [0.2, 0.25) is 0 Å². The minimum atomic E-state index is -0.0995. The van der Waals surface area contributed by atoms with Crippen LogP contribution in [0.5, 0.6) is 11.5 Å². The number of nitrogens with two attached hydrogens (primary N) is 1. The molecule has 0 spiro atoms. The number of hydrogen-bond acceptors (Lipinski definition) is 4. The van der Waals surface area contributed by atoms with Crippen LogP contribution < -0.4 is 20.5 Å². The minimum absolute atomic E-state index is 0.0995. The van der Waals surface area contributed by atoms with E-state index >= 15 is 0 Å². The quantitative estimate of drug-likeness (QED) is 0.496. The molecule has 31 heavy (non-hydrogen) atoms. The SMILES string of the molecule is COc1cc(CC(=O)Nc2cccc(/C=C/c3cccc(C)c3)c2)ccc1OCCN. The predicted molar refractivity (Wildman–Crippen MR) is 126 cm³/mol. The molecule has 0 radical (unpaired) electrons. The molecule has 3 N–H and O–H groups in total. The van der Waals surface area contributed by atoms with Gasteiger partial charge in [-0.15, -0.1) is 0 Å². The summed E-state index contributed by atoms with van der Waals surface area (Å²) >= 11 is 0. The second kappa shape index (κ2) is 11.0. The molecular formula is C26H28N2O3. The molecule has 0 unspecified atom stereocenters. The Bertz CT molecular complexity index is 1060. The van der Waals surface area contributed by atoms with Crippen molar-refractivity contribution in [3.05, 3.63) is 89.0 Å². The van der Waals surface area contributed by atoms with E-state index in [2.05, 4.69) is 36.5 Å². The van der Waals surface area contributed by atoms with Crippen molar-refractivity contribution in [1.29, 1.82) is 0 Å². The van der Waals surface area contributed by atoms with Crippen molar-refractivity contribution in [3.63, 3.8) is 0 Å². The van der Waals surface area contributed by atoms with E-state index in [9.17, 15) is 4.79 Å². The van der Waals surface area contributed by atoms with Crippen molar-refractivity contribution in [2.45, 2.75) is 13.3 Å². The number of benzene rings is 3. The topological polar surface area (TPSA) is 73.6 Å². The fourth-order valence-electron chi connectivity index (χ4n) is 3.19. The molecule has 5 nitrogen and oxygen atoms in total. The van der Waals surface area contributed by atoms with Crippen LogP contribution in [0.25, 0.3) is 12.2 Å². The molecule has 0 heterocycles. The van der Waals surface area contributed by atoms with E-state index in [0.29, 0.717) is 24.7 Å². The number of hydrogen-bond donors (Lipinski definition) is 2. The highest BCUT2D eigenvalue weighted by Gasteiger charge is 2.09. The summed E-state index contributed by atoms with van der Waals surface area (Å²) in [6.45, 7) is 2.90. The molecule has 0 saturated carbocycles. The summed E-state index contributed by atoms with van der Waals surface area (Å²) in [6, 6.07) is 21.5. The fraction of sp³-hybridized carbons (Fsp3) is 0.192. The molecule has 0 saturated heterocycles. The molecule has 1 amide bonds. The highest BCUT2D eigenvalue weighted by Crippen LogP contribution is 2.28. The van der Waals surface area contributed by atoms with Crippen LogP contribution >= 0.6 is 0 Å². The smallest absolute Gasteiger partial charge is 0.228 e. The number of nitrogens with one attached hydrogen (secondary N) is 1. The van der Waals surface area contributed by atoms with Crippen LogP contribution in [-0.2, 0) is 11.2 Å². The standard InChI is InChI=1S/C26H28N2O3/c1-19-5-3-6-20(15-19)9-10-21-7-4-8-23(16-21)28-26(29)18-22-11-12-24(31-14-13-27)25(17-22)30-2/h3-12,15-17H,13-14,18,27H2,1-2H3,(H,28,29)/b10-9+. The summed E-state index contributed by atoms with van der Waals surface area (Å²) in [5, 5.41) is 2.96. The Labute approximate surface area is 183 Å². The first kappa shape index (κ1) is 22.1. The summed E-state index contributed by atoms with van der Waals surface area (Å²) in [5.74, 6) is 1.10. The van der Waals surface area contributed by atoms with Gasteiger partial charge in [-0.25, -0.2) is 0 Å². The monoisotopic (exact) mass is 416 g/mol. The third-order valence-electron chi connectivity index (χ3n) is 4.65. The Hall–Kier alpha value is -3.57. The lowest BCUT2D eigenvalue weighted by molar-refractivity contribution is -0.115. The Balaban J connectivity index is 1.63. The van der Waals surface area contributed by atoms with E-state index in [1.807, 2.05) is 48.5 Å². The average molecular weight is 417 g/mol.